The van der Waals surface area contributed by atoms with Crippen molar-refractivity contribution < 1.29 is 4.39 Å². The second kappa shape index (κ2) is 10.8. The van der Waals surface area contributed by atoms with E-state index in [2.05, 4.69) is 56.3 Å². The molecule has 0 amide bonds. The van der Waals surface area contributed by atoms with Crippen molar-refractivity contribution in [2.75, 3.05) is 32.7 Å². The van der Waals surface area contributed by atoms with Crippen molar-refractivity contribution in [3.8, 4) is 22.4 Å². The van der Waals surface area contributed by atoms with Crippen LogP contribution in [0.4, 0.5) is 4.39 Å². The maximum atomic E-state index is 13.5. The van der Waals surface area contributed by atoms with Crippen molar-refractivity contribution in [2.24, 2.45) is 0 Å². The maximum absolute atomic E-state index is 13.5. The van der Waals surface area contributed by atoms with Crippen LogP contribution >= 0.6 is 0 Å². The van der Waals surface area contributed by atoms with Gasteiger partial charge in [0.25, 0.3) is 0 Å². The van der Waals surface area contributed by atoms with Crippen LogP contribution in [-0.2, 0) is 13.0 Å². The molecular formula is C29H31FN4. The van der Waals surface area contributed by atoms with E-state index < -0.39 is 0 Å². The number of hydrogen-bond acceptors (Lipinski definition) is 3. The Hall–Kier alpha value is -3.28. The standard InChI is InChI=1S/C29H31FN4/c30-27-10-8-25(9-11-27)29-28(24-12-14-31-15-13-24)26(21-32-29)7-4-16-33-17-19-34(20-18-33)22-23-5-2-1-3-6-23/h1-3,5-6,8-15,21,32H,4,7,16-20,22H2. The highest BCUT2D eigenvalue weighted by molar-refractivity contribution is 5.83. The number of halogens is 1. The first-order valence-electron chi connectivity index (χ1n) is 12.1. The second-order valence-corrected chi connectivity index (χ2v) is 9.01. The first kappa shape index (κ1) is 22.5. The van der Waals surface area contributed by atoms with E-state index in [1.807, 2.05) is 36.7 Å². The third-order valence-corrected chi connectivity index (χ3v) is 6.70. The minimum absolute atomic E-state index is 0.218. The Labute approximate surface area is 201 Å². The molecule has 34 heavy (non-hydrogen) atoms. The molecule has 0 aliphatic carbocycles. The van der Waals surface area contributed by atoms with Crippen LogP contribution < -0.4 is 0 Å². The molecule has 2 aromatic carbocycles. The van der Waals surface area contributed by atoms with Crippen LogP contribution in [0.5, 0.6) is 0 Å². The molecule has 0 saturated carbocycles. The molecule has 2 aromatic heterocycles. The summed E-state index contributed by atoms with van der Waals surface area (Å²) in [6.07, 6.45) is 7.88. The van der Waals surface area contributed by atoms with E-state index in [1.54, 1.807) is 0 Å². The van der Waals surface area contributed by atoms with Gasteiger partial charge in [0.15, 0.2) is 0 Å². The second-order valence-electron chi connectivity index (χ2n) is 9.01. The molecule has 0 spiro atoms. The van der Waals surface area contributed by atoms with Gasteiger partial charge in [0, 0.05) is 56.9 Å². The summed E-state index contributed by atoms with van der Waals surface area (Å²) in [5.41, 5.74) is 7.06. The zero-order valence-electron chi connectivity index (χ0n) is 19.5. The molecule has 0 radical (unpaired) electrons. The molecule has 174 valence electrons. The Morgan fingerprint density at radius 3 is 2.24 bits per heavy atom. The highest BCUT2D eigenvalue weighted by Crippen LogP contribution is 2.35. The molecule has 0 unspecified atom stereocenters. The van der Waals surface area contributed by atoms with Gasteiger partial charge in [0.2, 0.25) is 0 Å². The van der Waals surface area contributed by atoms with Gasteiger partial charge in [-0.1, -0.05) is 30.3 Å². The molecule has 1 saturated heterocycles. The predicted octanol–water partition coefficient (Wildman–Crippen LogP) is 5.63. The number of rotatable bonds is 8. The van der Waals surface area contributed by atoms with Crippen molar-refractivity contribution in [3.05, 3.63) is 102 Å². The third-order valence-electron chi connectivity index (χ3n) is 6.70. The van der Waals surface area contributed by atoms with Crippen LogP contribution in [0.15, 0.2) is 85.3 Å². The Morgan fingerprint density at radius 1 is 0.794 bits per heavy atom. The van der Waals surface area contributed by atoms with Crippen molar-refractivity contribution in [1.29, 1.82) is 0 Å². The van der Waals surface area contributed by atoms with Gasteiger partial charge in [-0.15, -0.1) is 0 Å². The van der Waals surface area contributed by atoms with E-state index in [1.165, 1.54) is 28.8 Å². The number of H-pyrrole nitrogens is 1. The molecule has 1 aliphatic rings. The molecule has 1 aliphatic heterocycles. The zero-order valence-corrected chi connectivity index (χ0v) is 19.5. The number of benzene rings is 2. The van der Waals surface area contributed by atoms with Gasteiger partial charge in [-0.05, 0) is 78.0 Å². The topological polar surface area (TPSA) is 35.2 Å². The van der Waals surface area contributed by atoms with Gasteiger partial charge >= 0.3 is 0 Å². The predicted molar refractivity (Wildman–Crippen MR) is 136 cm³/mol. The number of nitrogens with one attached hydrogen (secondary N) is 1. The first-order chi connectivity index (χ1) is 16.8. The fourth-order valence-corrected chi connectivity index (χ4v) is 4.86. The number of hydrogen-bond donors (Lipinski definition) is 1. The Morgan fingerprint density at radius 2 is 1.50 bits per heavy atom. The largest absolute Gasteiger partial charge is 0.360 e. The highest BCUT2D eigenvalue weighted by atomic mass is 19.1. The normalized spacial score (nSPS) is 15.0. The van der Waals surface area contributed by atoms with Crippen LogP contribution in [0.2, 0.25) is 0 Å². The van der Waals surface area contributed by atoms with E-state index in [9.17, 15) is 4.39 Å². The van der Waals surface area contributed by atoms with Crippen molar-refractivity contribution in [2.45, 2.75) is 19.4 Å². The van der Waals surface area contributed by atoms with Crippen molar-refractivity contribution in [1.82, 2.24) is 19.8 Å². The van der Waals surface area contributed by atoms with Gasteiger partial charge in [-0.2, -0.15) is 0 Å². The van der Waals surface area contributed by atoms with Crippen LogP contribution in [0.3, 0.4) is 0 Å². The lowest BCUT2D eigenvalue weighted by Crippen LogP contribution is -2.46. The average Bonchev–Trinajstić information content (AvgIpc) is 3.30. The molecular weight excluding hydrogens is 423 g/mol. The first-order valence-corrected chi connectivity index (χ1v) is 12.1. The summed E-state index contributed by atoms with van der Waals surface area (Å²) in [5.74, 6) is -0.218. The number of piperazine rings is 1. The van der Waals surface area contributed by atoms with Crippen molar-refractivity contribution in [3.63, 3.8) is 0 Å². The van der Waals surface area contributed by atoms with Crippen molar-refractivity contribution >= 4 is 0 Å². The van der Waals surface area contributed by atoms with Crippen LogP contribution in [-0.4, -0.2) is 52.5 Å². The smallest absolute Gasteiger partial charge is 0.123 e. The maximum Gasteiger partial charge on any atom is 0.123 e. The number of pyridine rings is 1. The summed E-state index contributed by atoms with van der Waals surface area (Å²) in [4.78, 5) is 12.8. The summed E-state index contributed by atoms with van der Waals surface area (Å²) < 4.78 is 13.5. The third kappa shape index (κ3) is 5.44. The van der Waals surface area contributed by atoms with Gasteiger partial charge in [0.05, 0.1) is 5.69 Å². The van der Waals surface area contributed by atoms with Gasteiger partial charge in [-0.3, -0.25) is 9.88 Å². The molecule has 4 nitrogen and oxygen atoms in total. The van der Waals surface area contributed by atoms with Crippen LogP contribution in [0.25, 0.3) is 22.4 Å². The van der Waals surface area contributed by atoms with Gasteiger partial charge in [0.1, 0.15) is 5.82 Å². The molecule has 5 rings (SSSR count). The lowest BCUT2D eigenvalue weighted by atomic mass is 9.96. The van der Waals surface area contributed by atoms with Crippen LogP contribution in [0.1, 0.15) is 17.5 Å². The lowest BCUT2D eigenvalue weighted by Gasteiger charge is -2.34. The summed E-state index contributed by atoms with van der Waals surface area (Å²) in [6, 6.07) is 21.5. The SMILES string of the molecule is Fc1ccc(-c2[nH]cc(CCCN3CCN(Cc4ccccc4)CC3)c2-c2ccncc2)cc1. The lowest BCUT2D eigenvalue weighted by molar-refractivity contribution is 0.126. The summed E-state index contributed by atoms with van der Waals surface area (Å²) in [5, 5.41) is 0. The molecule has 4 aromatic rings. The van der Waals surface area contributed by atoms with E-state index in [-0.39, 0.29) is 5.82 Å². The van der Waals surface area contributed by atoms with E-state index in [0.717, 1.165) is 68.9 Å². The van der Waals surface area contributed by atoms with E-state index >= 15 is 0 Å². The Kier molecular flexibility index (Phi) is 7.13. The average molecular weight is 455 g/mol. The highest BCUT2D eigenvalue weighted by Gasteiger charge is 2.18. The molecule has 0 atom stereocenters. The summed E-state index contributed by atoms with van der Waals surface area (Å²) >= 11 is 0. The fourth-order valence-electron chi connectivity index (χ4n) is 4.86. The monoisotopic (exact) mass is 454 g/mol. The number of aromatic amines is 1. The van der Waals surface area contributed by atoms with Gasteiger partial charge < -0.3 is 9.88 Å². The van der Waals surface area contributed by atoms with E-state index in [4.69, 9.17) is 0 Å². The van der Waals surface area contributed by atoms with E-state index in [0.29, 0.717) is 0 Å². The quantitative estimate of drug-likeness (QED) is 0.375. The van der Waals surface area contributed by atoms with Crippen LogP contribution in [0, 0.1) is 5.82 Å². The summed E-state index contributed by atoms with van der Waals surface area (Å²) in [6.45, 7) is 6.63. The molecule has 1 N–H and O–H groups in total. The zero-order chi connectivity index (χ0) is 23.2. The number of aromatic nitrogens is 2. The number of nitrogens with zero attached hydrogens (tertiary/aromatic N) is 3. The van der Waals surface area contributed by atoms with Gasteiger partial charge in [-0.25, -0.2) is 4.39 Å². The molecule has 5 heteroatoms. The number of aryl methyl sites for hydroxylation is 1. The Bertz CT molecular complexity index is 1160. The fraction of sp³-hybridized carbons (Fsp3) is 0.276. The summed E-state index contributed by atoms with van der Waals surface area (Å²) in [7, 11) is 0. The Balaban J connectivity index is 1.21. The minimum Gasteiger partial charge on any atom is -0.360 e. The minimum atomic E-state index is -0.218. The molecule has 0 bridgehead atoms. The molecule has 3 heterocycles. The molecule has 1 fully saturated rings.